The molecule has 4 nitrogen and oxygen atoms in total. The van der Waals surface area contributed by atoms with E-state index in [1.165, 1.54) is 36.3 Å². The Labute approximate surface area is 198 Å². The Morgan fingerprint density at radius 1 is 1.22 bits per heavy atom. The van der Waals surface area contributed by atoms with Crippen molar-refractivity contribution in [3.8, 4) is 6.07 Å². The van der Waals surface area contributed by atoms with E-state index in [1.54, 1.807) is 12.1 Å². The van der Waals surface area contributed by atoms with Crippen LogP contribution in [0, 0.1) is 31.1 Å². The summed E-state index contributed by atoms with van der Waals surface area (Å²) in [4.78, 5) is 2.49. The highest BCUT2D eigenvalue weighted by atomic mass is 35.5. The number of hydrogen-bond donors (Lipinski definition) is 1. The van der Waals surface area contributed by atoms with Gasteiger partial charge in [-0.05, 0) is 68.0 Å². The zero-order valence-corrected chi connectivity index (χ0v) is 20.5. The summed E-state index contributed by atoms with van der Waals surface area (Å²) in [5.41, 5.74) is 8.63. The van der Waals surface area contributed by atoms with Gasteiger partial charge in [0.2, 0.25) is 0 Å². The normalized spacial score (nSPS) is 17.1. The van der Waals surface area contributed by atoms with Crippen molar-refractivity contribution in [2.45, 2.75) is 47.0 Å². The van der Waals surface area contributed by atoms with Crippen LogP contribution in [0.15, 0.2) is 59.8 Å². The summed E-state index contributed by atoms with van der Waals surface area (Å²) in [6.07, 6.45) is 7.53. The molecule has 2 aromatic carbocycles. The summed E-state index contributed by atoms with van der Waals surface area (Å²) in [6.45, 7) is 12.1. The molecule has 2 aliphatic rings. The van der Waals surface area contributed by atoms with Gasteiger partial charge in [-0.15, -0.1) is 0 Å². The lowest BCUT2D eigenvalue weighted by molar-refractivity contribution is 0.372. The molecule has 0 aliphatic carbocycles. The molecule has 0 amide bonds. The number of allylic oxidation sites excluding steroid dienone is 1. The van der Waals surface area contributed by atoms with Gasteiger partial charge in [0, 0.05) is 25.7 Å². The fraction of sp³-hybridized carbons (Fsp3) is 0.407. The maximum atomic E-state index is 8.47. The van der Waals surface area contributed by atoms with Gasteiger partial charge in [-0.3, -0.25) is 10.3 Å². The molecular weight excluding hydrogens is 416 g/mol. The van der Waals surface area contributed by atoms with Crippen LogP contribution in [0.2, 0.25) is 5.02 Å². The predicted octanol–water partition coefficient (Wildman–Crippen LogP) is 6.27. The van der Waals surface area contributed by atoms with Gasteiger partial charge in [-0.1, -0.05) is 61.9 Å². The zero-order chi connectivity index (χ0) is 23.3. The second kappa shape index (κ2) is 13.7. The lowest BCUT2D eigenvalue weighted by Gasteiger charge is -2.17. The summed E-state index contributed by atoms with van der Waals surface area (Å²) in [6, 6.07) is 15.8. The summed E-state index contributed by atoms with van der Waals surface area (Å²) < 4.78 is 0. The topological polar surface area (TPSA) is 51.4 Å². The average Bonchev–Trinajstić information content (AvgIpc) is 3.20. The molecule has 1 N–H and O–H groups in total. The minimum atomic E-state index is 0.530. The highest BCUT2D eigenvalue weighted by Gasteiger charge is 2.19. The lowest BCUT2D eigenvalue weighted by atomic mass is 10.1. The highest BCUT2D eigenvalue weighted by molar-refractivity contribution is 6.31. The third-order valence-electron chi connectivity index (χ3n) is 5.57. The molecule has 2 heterocycles. The van der Waals surface area contributed by atoms with E-state index in [-0.39, 0.29) is 0 Å². The molecule has 1 saturated heterocycles. The van der Waals surface area contributed by atoms with Crippen LogP contribution < -0.4 is 5.43 Å². The van der Waals surface area contributed by atoms with Crippen LogP contribution in [0.3, 0.4) is 0 Å². The molecule has 2 aliphatic heterocycles. The van der Waals surface area contributed by atoms with Crippen LogP contribution in [-0.2, 0) is 6.42 Å². The third kappa shape index (κ3) is 8.86. The van der Waals surface area contributed by atoms with Gasteiger partial charge in [0.1, 0.15) is 6.07 Å². The fourth-order valence-electron chi connectivity index (χ4n) is 3.67. The SMILES string of the molecule is CC1CCN(CC2=NNC=CC2)C1.CCc1ccccc1C.Cc1ccc(C#N)c(Cl)c1. The summed E-state index contributed by atoms with van der Waals surface area (Å²) in [5, 5.41) is 13.3. The van der Waals surface area contributed by atoms with Crippen molar-refractivity contribution in [3.63, 3.8) is 0 Å². The number of likely N-dealkylation sites (tertiary alicyclic amines) is 1. The molecule has 1 fully saturated rings. The first kappa shape index (κ1) is 25.6. The first-order valence-electron chi connectivity index (χ1n) is 11.3. The van der Waals surface area contributed by atoms with E-state index in [2.05, 4.69) is 66.5 Å². The van der Waals surface area contributed by atoms with E-state index < -0.39 is 0 Å². The summed E-state index contributed by atoms with van der Waals surface area (Å²) in [7, 11) is 0. The van der Waals surface area contributed by atoms with Crippen LogP contribution in [0.1, 0.15) is 48.9 Å². The molecule has 170 valence electrons. The van der Waals surface area contributed by atoms with E-state index in [1.807, 2.05) is 25.3 Å². The molecule has 0 saturated carbocycles. The van der Waals surface area contributed by atoms with Crippen LogP contribution in [0.5, 0.6) is 0 Å². The van der Waals surface area contributed by atoms with Gasteiger partial charge in [0.15, 0.2) is 0 Å². The Bertz CT molecular complexity index is 958. The minimum absolute atomic E-state index is 0.530. The average molecular weight is 451 g/mol. The molecule has 0 aromatic heterocycles. The molecule has 1 atom stereocenters. The first-order valence-corrected chi connectivity index (χ1v) is 11.7. The monoisotopic (exact) mass is 450 g/mol. The second-order valence-corrected chi connectivity index (χ2v) is 8.82. The molecule has 32 heavy (non-hydrogen) atoms. The fourth-order valence-corrected chi connectivity index (χ4v) is 3.94. The van der Waals surface area contributed by atoms with Crippen molar-refractivity contribution >= 4 is 17.3 Å². The van der Waals surface area contributed by atoms with Crippen LogP contribution in [0.25, 0.3) is 0 Å². The number of nitriles is 1. The van der Waals surface area contributed by atoms with Gasteiger partial charge >= 0.3 is 0 Å². The van der Waals surface area contributed by atoms with Crippen LogP contribution in [0.4, 0.5) is 0 Å². The number of benzene rings is 2. The molecular formula is C27H35ClN4. The van der Waals surface area contributed by atoms with Crippen LogP contribution in [-0.4, -0.2) is 30.2 Å². The standard InChI is InChI=1S/C10H17N3.C9H12.C8H6ClN/c1-9-4-6-13(7-9)8-10-3-2-5-11-12-10;1-3-9-7-5-4-6-8(9)2;1-6-2-3-7(5-10)8(9)4-6/h2,5,9,11H,3-4,6-8H2,1H3;4-7H,3H2,1-2H3;2-4H,1H3. The zero-order valence-electron chi connectivity index (χ0n) is 19.7. The quantitative estimate of drug-likeness (QED) is 0.599. The number of rotatable bonds is 3. The summed E-state index contributed by atoms with van der Waals surface area (Å²) in [5.74, 6) is 0.868. The van der Waals surface area contributed by atoms with Gasteiger partial charge in [-0.25, -0.2) is 0 Å². The van der Waals surface area contributed by atoms with E-state index in [0.717, 1.165) is 30.9 Å². The van der Waals surface area contributed by atoms with Crippen molar-refractivity contribution in [1.29, 1.82) is 5.26 Å². The Morgan fingerprint density at radius 3 is 2.53 bits per heavy atom. The molecule has 0 spiro atoms. The molecule has 1 unspecified atom stereocenters. The summed E-state index contributed by atoms with van der Waals surface area (Å²) >= 11 is 5.71. The minimum Gasteiger partial charge on any atom is -0.297 e. The Kier molecular flexibility index (Phi) is 11.0. The van der Waals surface area contributed by atoms with Gasteiger partial charge in [0.25, 0.3) is 0 Å². The Morgan fingerprint density at radius 2 is 2.00 bits per heavy atom. The van der Waals surface area contributed by atoms with E-state index >= 15 is 0 Å². The number of aryl methyl sites for hydroxylation is 3. The number of hydrazone groups is 1. The van der Waals surface area contributed by atoms with Gasteiger partial charge < -0.3 is 0 Å². The van der Waals surface area contributed by atoms with Crippen LogP contribution >= 0.6 is 11.6 Å². The number of nitrogens with one attached hydrogen (secondary N) is 1. The van der Waals surface area contributed by atoms with Crippen molar-refractivity contribution in [2.24, 2.45) is 11.0 Å². The van der Waals surface area contributed by atoms with E-state index in [9.17, 15) is 0 Å². The number of hydrogen-bond acceptors (Lipinski definition) is 4. The third-order valence-corrected chi connectivity index (χ3v) is 5.88. The Hall–Kier alpha value is -2.61. The molecule has 2 aromatic rings. The second-order valence-electron chi connectivity index (χ2n) is 8.42. The predicted molar refractivity (Wildman–Crippen MR) is 136 cm³/mol. The maximum Gasteiger partial charge on any atom is 0.101 e. The lowest BCUT2D eigenvalue weighted by Crippen LogP contribution is -2.29. The van der Waals surface area contributed by atoms with Gasteiger partial charge in [-0.2, -0.15) is 10.4 Å². The Balaban J connectivity index is 0.000000174. The van der Waals surface area contributed by atoms with E-state index in [4.69, 9.17) is 16.9 Å². The number of halogens is 1. The van der Waals surface area contributed by atoms with Crippen molar-refractivity contribution < 1.29 is 0 Å². The van der Waals surface area contributed by atoms with Crippen molar-refractivity contribution in [1.82, 2.24) is 10.3 Å². The van der Waals surface area contributed by atoms with Crippen molar-refractivity contribution in [2.75, 3.05) is 19.6 Å². The smallest absolute Gasteiger partial charge is 0.101 e. The maximum absolute atomic E-state index is 8.47. The molecule has 4 rings (SSSR count). The first-order chi connectivity index (χ1) is 15.4. The highest BCUT2D eigenvalue weighted by Crippen LogP contribution is 2.16. The van der Waals surface area contributed by atoms with Gasteiger partial charge in [0.05, 0.1) is 16.3 Å². The molecule has 0 radical (unpaired) electrons. The number of nitrogens with zero attached hydrogens (tertiary/aromatic N) is 3. The molecule has 0 bridgehead atoms. The van der Waals surface area contributed by atoms with Crippen molar-refractivity contribution in [3.05, 3.63) is 82.0 Å². The van der Waals surface area contributed by atoms with E-state index in [0.29, 0.717) is 10.6 Å². The largest absolute Gasteiger partial charge is 0.297 e. The molecule has 5 heteroatoms.